The minimum atomic E-state index is -4.34. The van der Waals surface area contributed by atoms with Crippen molar-refractivity contribution in [2.75, 3.05) is 13.2 Å². The molecular weight excluding hydrogens is 532 g/mol. The van der Waals surface area contributed by atoms with Crippen molar-refractivity contribution in [1.82, 2.24) is 9.55 Å². The molecule has 14 nitrogen and oxygen atoms in total. The number of phosphoric ester groups is 1. The van der Waals surface area contributed by atoms with Crippen LogP contribution in [0.5, 0.6) is 0 Å². The molecule has 2 fully saturated rings. The van der Waals surface area contributed by atoms with Gasteiger partial charge in [-0.25, -0.2) is 9.36 Å². The molecule has 1 aromatic heterocycles. The number of halogens is 2. The van der Waals surface area contributed by atoms with Crippen LogP contribution in [0.4, 0.5) is 0 Å². The van der Waals surface area contributed by atoms with Gasteiger partial charge in [0.15, 0.2) is 6.23 Å². The molecule has 4 rings (SSSR count). The third-order valence-corrected chi connectivity index (χ3v) is 7.49. The highest BCUT2D eigenvalue weighted by Gasteiger charge is 2.56. The lowest BCUT2D eigenvalue weighted by Gasteiger charge is -2.32. The van der Waals surface area contributed by atoms with Crippen LogP contribution in [-0.2, 0) is 22.9 Å². The number of ether oxygens (including phenoxy) is 1. The van der Waals surface area contributed by atoms with Crippen LogP contribution in [0.2, 0.25) is 10.0 Å². The molecule has 2 saturated heterocycles. The minimum Gasteiger partial charge on any atom is -0.387 e. The van der Waals surface area contributed by atoms with Gasteiger partial charge in [0.1, 0.15) is 12.2 Å². The number of hydrogen-bond acceptors (Lipinski definition) is 10. The summed E-state index contributed by atoms with van der Waals surface area (Å²) < 4.78 is 35.5. The molecule has 3 heterocycles. The van der Waals surface area contributed by atoms with Crippen molar-refractivity contribution in [3.63, 3.8) is 0 Å². The fourth-order valence-corrected chi connectivity index (χ4v) is 5.72. The van der Waals surface area contributed by atoms with E-state index in [9.17, 15) is 24.4 Å². The lowest BCUT2D eigenvalue weighted by Crippen LogP contribution is -2.45. The van der Waals surface area contributed by atoms with Crippen LogP contribution in [-0.4, -0.2) is 50.9 Å². The molecule has 0 saturated carbocycles. The molecule has 0 aliphatic carbocycles. The van der Waals surface area contributed by atoms with Crippen molar-refractivity contribution in [1.29, 1.82) is 0 Å². The number of aromatic amines is 1. The topological polar surface area (TPSA) is 198 Å². The van der Waals surface area contributed by atoms with Gasteiger partial charge in [-0.2, -0.15) is 0 Å². The number of nitrogens with zero attached hydrogens (tertiary/aromatic N) is 4. The molecule has 2 aliphatic heterocycles. The molecule has 6 atom stereocenters. The largest absolute Gasteiger partial charge is 0.475 e. The van der Waals surface area contributed by atoms with E-state index < -0.39 is 55.9 Å². The first-order valence-corrected chi connectivity index (χ1v) is 12.2. The number of phosphoric acid groups is 1. The standard InChI is InChI=1S/C18H18Cl2N5O9P/c19-9-2-1-3-10(20)13(9)11-5-7-31-35(30,34-11)32-8-18(23-24-21)15(28)14(27)16(33-18)25-6-4-12(26)22-17(25)29/h1-4,6,11,14-16,27-28H,5,7-8H2,(H,22,26,29)/t11-,14+,15-,16+,18+,35?/m0/s1. The van der Waals surface area contributed by atoms with E-state index in [0.29, 0.717) is 5.56 Å². The highest BCUT2D eigenvalue weighted by Crippen LogP contribution is 2.59. The lowest BCUT2D eigenvalue weighted by molar-refractivity contribution is -0.127. The van der Waals surface area contributed by atoms with E-state index >= 15 is 0 Å². The number of aliphatic hydroxyl groups excluding tert-OH is 2. The summed E-state index contributed by atoms with van der Waals surface area (Å²) in [6, 6.07) is 5.76. The van der Waals surface area contributed by atoms with Gasteiger partial charge in [-0.3, -0.25) is 27.9 Å². The molecule has 2 aliphatic rings. The summed E-state index contributed by atoms with van der Waals surface area (Å²) >= 11 is 12.4. The molecule has 35 heavy (non-hydrogen) atoms. The smallest absolute Gasteiger partial charge is 0.387 e. The average Bonchev–Trinajstić information content (AvgIpc) is 3.04. The quantitative estimate of drug-likeness (QED) is 0.209. The van der Waals surface area contributed by atoms with Gasteiger partial charge in [-0.15, -0.1) is 0 Å². The molecule has 0 amide bonds. The van der Waals surface area contributed by atoms with Gasteiger partial charge in [0.05, 0.1) is 19.3 Å². The van der Waals surface area contributed by atoms with E-state index in [1.165, 1.54) is 0 Å². The molecule has 188 valence electrons. The first-order chi connectivity index (χ1) is 16.6. The van der Waals surface area contributed by atoms with E-state index in [0.717, 1.165) is 16.8 Å². The van der Waals surface area contributed by atoms with Crippen LogP contribution in [0.25, 0.3) is 10.4 Å². The maximum absolute atomic E-state index is 13.2. The maximum Gasteiger partial charge on any atom is 0.475 e. The highest BCUT2D eigenvalue weighted by molar-refractivity contribution is 7.48. The van der Waals surface area contributed by atoms with Crippen LogP contribution in [0.15, 0.2) is 45.2 Å². The van der Waals surface area contributed by atoms with Gasteiger partial charge < -0.3 is 14.9 Å². The minimum absolute atomic E-state index is 0.0700. The van der Waals surface area contributed by atoms with E-state index in [2.05, 4.69) is 10.0 Å². The maximum atomic E-state index is 13.2. The van der Waals surface area contributed by atoms with Crippen LogP contribution in [0, 0.1) is 0 Å². The molecule has 1 aromatic carbocycles. The van der Waals surface area contributed by atoms with E-state index in [1.54, 1.807) is 18.2 Å². The van der Waals surface area contributed by atoms with Crippen molar-refractivity contribution in [3.05, 3.63) is 77.4 Å². The van der Waals surface area contributed by atoms with Crippen LogP contribution in [0.1, 0.15) is 24.3 Å². The Morgan fingerprint density at radius 1 is 1.31 bits per heavy atom. The Kier molecular flexibility index (Phi) is 7.41. The number of aliphatic hydroxyl groups is 2. The van der Waals surface area contributed by atoms with E-state index in [1.807, 2.05) is 4.98 Å². The first kappa shape index (κ1) is 25.9. The normalized spacial score (nSPS) is 32.8. The Morgan fingerprint density at radius 2 is 2.03 bits per heavy atom. The summed E-state index contributed by atoms with van der Waals surface area (Å²) in [4.78, 5) is 28.0. The Morgan fingerprint density at radius 3 is 2.69 bits per heavy atom. The van der Waals surface area contributed by atoms with Crippen molar-refractivity contribution in [3.8, 4) is 0 Å². The fourth-order valence-electron chi connectivity index (χ4n) is 3.69. The van der Waals surface area contributed by atoms with Gasteiger partial charge in [0.25, 0.3) is 5.56 Å². The second-order valence-corrected chi connectivity index (χ2v) is 10.0. The lowest BCUT2D eigenvalue weighted by atomic mass is 10.1. The average molecular weight is 550 g/mol. The Bertz CT molecular complexity index is 1310. The molecule has 1 unspecified atom stereocenters. The number of aromatic nitrogens is 2. The molecule has 3 N–H and O–H groups in total. The summed E-state index contributed by atoms with van der Waals surface area (Å²) in [6.45, 7) is -0.969. The zero-order valence-corrected chi connectivity index (χ0v) is 20.0. The van der Waals surface area contributed by atoms with Crippen molar-refractivity contribution in [2.45, 2.75) is 36.7 Å². The Labute approximate surface area is 206 Å². The summed E-state index contributed by atoms with van der Waals surface area (Å²) in [6.07, 6.45) is -4.94. The Hall–Kier alpha value is -2.22. The first-order valence-electron chi connectivity index (χ1n) is 10.0. The number of rotatable bonds is 6. The zero-order valence-electron chi connectivity index (χ0n) is 17.6. The zero-order chi connectivity index (χ0) is 25.4. The van der Waals surface area contributed by atoms with Crippen molar-refractivity contribution in [2.24, 2.45) is 5.11 Å². The van der Waals surface area contributed by atoms with Gasteiger partial charge in [-0.1, -0.05) is 34.4 Å². The molecule has 2 aromatic rings. The predicted octanol–water partition coefficient (Wildman–Crippen LogP) is 2.40. The van der Waals surface area contributed by atoms with Gasteiger partial charge in [0.2, 0.25) is 5.72 Å². The third-order valence-electron chi connectivity index (χ3n) is 5.38. The number of azide groups is 1. The molecule has 0 spiro atoms. The number of benzene rings is 1. The highest BCUT2D eigenvalue weighted by atomic mass is 35.5. The Balaban J connectivity index is 1.57. The summed E-state index contributed by atoms with van der Waals surface area (Å²) in [5, 5.41) is 25.0. The van der Waals surface area contributed by atoms with E-state index in [-0.39, 0.29) is 23.1 Å². The van der Waals surface area contributed by atoms with Gasteiger partial charge in [0, 0.05) is 39.2 Å². The van der Waals surface area contributed by atoms with Crippen LogP contribution in [0.3, 0.4) is 0 Å². The van der Waals surface area contributed by atoms with E-state index in [4.69, 9.17) is 47.0 Å². The van der Waals surface area contributed by atoms with Gasteiger partial charge >= 0.3 is 13.5 Å². The van der Waals surface area contributed by atoms with Crippen molar-refractivity contribution < 1.29 is 33.1 Å². The fraction of sp³-hybridized carbons (Fsp3) is 0.444. The third kappa shape index (κ3) is 5.04. The second-order valence-electron chi connectivity index (χ2n) is 7.57. The number of hydrogen-bond donors (Lipinski definition) is 3. The number of H-pyrrole nitrogens is 1. The number of nitrogens with one attached hydrogen (secondary N) is 1. The molecule has 17 heteroatoms. The summed E-state index contributed by atoms with van der Waals surface area (Å²) in [7, 11) is -4.34. The van der Waals surface area contributed by atoms with Crippen molar-refractivity contribution >= 4 is 31.0 Å². The summed E-state index contributed by atoms with van der Waals surface area (Å²) in [5.74, 6) is 0. The molecule has 0 radical (unpaired) electrons. The summed E-state index contributed by atoms with van der Waals surface area (Å²) in [5.41, 5.74) is 5.42. The second kappa shape index (κ2) is 10.0. The molecular formula is C18H18Cl2N5O9P. The van der Waals surface area contributed by atoms with Crippen LogP contribution >= 0.6 is 31.0 Å². The van der Waals surface area contributed by atoms with Crippen LogP contribution < -0.4 is 11.2 Å². The molecule has 0 bridgehead atoms. The SMILES string of the molecule is [N-]=[N+]=N[C@]1(COP2(=O)OCC[C@@H](c3c(Cl)cccc3Cl)O2)O[C@@H](n2ccc(=O)[nH]c2=O)[C@H](O)[C@@H]1O. The monoisotopic (exact) mass is 549 g/mol. The predicted molar refractivity (Wildman–Crippen MR) is 120 cm³/mol. The van der Waals surface area contributed by atoms with Gasteiger partial charge in [-0.05, 0) is 17.7 Å².